The Morgan fingerprint density at radius 1 is 1.26 bits per heavy atom. The Morgan fingerprint density at radius 2 is 2.05 bits per heavy atom. The van der Waals surface area contributed by atoms with E-state index in [1.165, 1.54) is 5.75 Å². The van der Waals surface area contributed by atoms with Crippen LogP contribution in [0.15, 0.2) is 0 Å². The smallest absolute Gasteiger partial charge is 0.212 e. The molecule has 2 saturated heterocycles. The second kappa shape index (κ2) is 8.09. The van der Waals surface area contributed by atoms with Gasteiger partial charge in [0.1, 0.15) is 0 Å². The summed E-state index contributed by atoms with van der Waals surface area (Å²) < 4.78 is 26.7. The number of rotatable bonds is 6. The van der Waals surface area contributed by atoms with E-state index in [-0.39, 0.29) is 5.75 Å². The van der Waals surface area contributed by atoms with Crippen molar-refractivity contribution in [3.05, 3.63) is 0 Å². The van der Waals surface area contributed by atoms with E-state index in [4.69, 9.17) is 0 Å². The Balaban J connectivity index is 1.65. The first-order chi connectivity index (χ1) is 9.16. The molecule has 8 heteroatoms. The van der Waals surface area contributed by atoms with Gasteiger partial charge in [-0.1, -0.05) is 0 Å². The zero-order valence-electron chi connectivity index (χ0n) is 11.1. The van der Waals surface area contributed by atoms with Gasteiger partial charge >= 0.3 is 0 Å². The molecule has 1 unspecified atom stereocenters. The molecule has 2 fully saturated rings. The molecule has 2 aliphatic rings. The number of piperazine rings is 1. The van der Waals surface area contributed by atoms with Crippen molar-refractivity contribution >= 4 is 33.5 Å². The summed E-state index contributed by atoms with van der Waals surface area (Å²) in [5.74, 6) is 3.61. The van der Waals surface area contributed by atoms with Gasteiger partial charge in [0.15, 0.2) is 0 Å². The Kier molecular flexibility index (Phi) is 6.77. The summed E-state index contributed by atoms with van der Waals surface area (Å²) in [7, 11) is -3.12. The van der Waals surface area contributed by atoms with Crippen molar-refractivity contribution in [2.24, 2.45) is 0 Å². The fraction of sp³-hybridized carbons (Fsp3) is 1.00. The normalized spacial score (nSPS) is 26.4. The van der Waals surface area contributed by atoms with Crippen molar-refractivity contribution < 1.29 is 8.42 Å². The van der Waals surface area contributed by atoms with Gasteiger partial charge in [-0.05, 0) is 0 Å². The lowest BCUT2D eigenvalue weighted by Gasteiger charge is -2.27. The summed E-state index contributed by atoms with van der Waals surface area (Å²) in [6, 6.07) is 0. The summed E-state index contributed by atoms with van der Waals surface area (Å²) in [6.07, 6.45) is 0. The van der Waals surface area contributed by atoms with Gasteiger partial charge in [-0.25, -0.2) is 13.1 Å². The highest BCUT2D eigenvalue weighted by atomic mass is 32.2. The summed E-state index contributed by atoms with van der Waals surface area (Å²) in [5, 5.41) is 3.71. The van der Waals surface area contributed by atoms with Gasteiger partial charge in [0.25, 0.3) is 0 Å². The highest BCUT2D eigenvalue weighted by Gasteiger charge is 2.19. The van der Waals surface area contributed by atoms with Crippen LogP contribution in [0.5, 0.6) is 0 Å². The summed E-state index contributed by atoms with van der Waals surface area (Å²) in [6.45, 7) is 5.05. The predicted octanol–water partition coefficient (Wildman–Crippen LogP) is -0.340. The van der Waals surface area contributed by atoms with Crippen LogP contribution in [0.2, 0.25) is 0 Å². The molecule has 0 aromatic carbocycles. The van der Waals surface area contributed by atoms with E-state index >= 15 is 0 Å². The van der Waals surface area contributed by atoms with E-state index in [0.29, 0.717) is 18.3 Å². The van der Waals surface area contributed by atoms with E-state index in [1.807, 2.05) is 23.5 Å². The number of nitrogens with zero attached hydrogens (tertiary/aromatic N) is 1. The number of sulfonamides is 1. The van der Waals surface area contributed by atoms with Crippen molar-refractivity contribution in [2.75, 3.05) is 62.3 Å². The molecule has 5 nitrogen and oxygen atoms in total. The van der Waals surface area contributed by atoms with Crippen LogP contribution in [0.4, 0.5) is 0 Å². The van der Waals surface area contributed by atoms with Crippen molar-refractivity contribution in [2.45, 2.75) is 5.25 Å². The second-order valence-corrected chi connectivity index (χ2v) is 9.31. The van der Waals surface area contributed by atoms with Crippen LogP contribution in [0.25, 0.3) is 0 Å². The zero-order valence-corrected chi connectivity index (χ0v) is 13.6. The van der Waals surface area contributed by atoms with Crippen molar-refractivity contribution in [3.8, 4) is 0 Å². The van der Waals surface area contributed by atoms with Gasteiger partial charge < -0.3 is 5.32 Å². The first-order valence-corrected chi connectivity index (χ1v) is 10.6. The van der Waals surface area contributed by atoms with E-state index in [9.17, 15) is 8.42 Å². The van der Waals surface area contributed by atoms with Crippen LogP contribution in [-0.4, -0.2) is 80.8 Å². The highest BCUT2D eigenvalue weighted by molar-refractivity contribution is 8.06. The molecule has 2 N–H and O–H groups in total. The molecule has 0 spiro atoms. The molecule has 2 aliphatic heterocycles. The average molecular weight is 326 g/mol. The lowest BCUT2D eigenvalue weighted by molar-refractivity contribution is 0.253. The van der Waals surface area contributed by atoms with Gasteiger partial charge in [-0.15, -0.1) is 0 Å². The molecule has 0 amide bonds. The third kappa shape index (κ3) is 6.22. The molecule has 0 radical (unpaired) electrons. The van der Waals surface area contributed by atoms with Gasteiger partial charge in [-0.2, -0.15) is 23.5 Å². The zero-order chi connectivity index (χ0) is 13.6. The number of thioether (sulfide) groups is 2. The molecule has 0 aromatic rings. The third-order valence-corrected chi connectivity index (χ3v) is 7.47. The molecular weight excluding hydrogens is 302 g/mol. The molecule has 2 heterocycles. The highest BCUT2D eigenvalue weighted by Crippen LogP contribution is 2.23. The first kappa shape index (κ1) is 15.9. The monoisotopic (exact) mass is 325 g/mol. The average Bonchev–Trinajstić information content (AvgIpc) is 2.46. The molecule has 0 bridgehead atoms. The lowest BCUT2D eigenvalue weighted by Crippen LogP contribution is -2.46. The largest absolute Gasteiger partial charge is 0.314 e. The lowest BCUT2D eigenvalue weighted by atomic mass is 10.4. The number of nitrogens with one attached hydrogen (secondary N) is 2. The molecule has 19 heavy (non-hydrogen) atoms. The van der Waals surface area contributed by atoms with Gasteiger partial charge in [0, 0.05) is 61.8 Å². The fourth-order valence-corrected chi connectivity index (χ4v) is 5.95. The van der Waals surface area contributed by atoms with Gasteiger partial charge in [0.2, 0.25) is 10.0 Å². The van der Waals surface area contributed by atoms with Crippen molar-refractivity contribution in [1.82, 2.24) is 14.9 Å². The predicted molar refractivity (Wildman–Crippen MR) is 84.7 cm³/mol. The Labute approximate surface area is 124 Å². The van der Waals surface area contributed by atoms with E-state index in [0.717, 1.165) is 37.7 Å². The first-order valence-electron chi connectivity index (χ1n) is 6.75. The summed E-state index contributed by atoms with van der Waals surface area (Å²) in [5.41, 5.74) is 0. The van der Waals surface area contributed by atoms with Crippen LogP contribution < -0.4 is 10.0 Å². The molecule has 2 rings (SSSR count). The molecule has 0 aliphatic carbocycles. The SMILES string of the molecule is O=S(=O)(CCN1CCNCC1)NCC1CSCCS1. The van der Waals surface area contributed by atoms with Gasteiger partial charge in [0.05, 0.1) is 5.75 Å². The number of hydrogen-bond acceptors (Lipinski definition) is 6. The minimum absolute atomic E-state index is 0.220. The molecule has 1 atom stereocenters. The second-order valence-electron chi connectivity index (χ2n) is 4.83. The maximum Gasteiger partial charge on any atom is 0.212 e. The maximum atomic E-state index is 11.9. The Bertz CT molecular complexity index is 324. The standard InChI is InChI=1S/C11H23N3O2S3/c15-19(16,8-5-14-3-1-12-2-4-14)13-9-11-10-17-6-7-18-11/h11-13H,1-10H2. The van der Waals surface area contributed by atoms with E-state index in [1.54, 1.807) is 0 Å². The van der Waals surface area contributed by atoms with Crippen LogP contribution in [0.1, 0.15) is 0 Å². The van der Waals surface area contributed by atoms with Crippen LogP contribution in [0, 0.1) is 0 Å². The van der Waals surface area contributed by atoms with Crippen LogP contribution >= 0.6 is 23.5 Å². The van der Waals surface area contributed by atoms with Crippen LogP contribution in [-0.2, 0) is 10.0 Å². The topological polar surface area (TPSA) is 61.4 Å². The van der Waals surface area contributed by atoms with Crippen molar-refractivity contribution in [3.63, 3.8) is 0 Å². The minimum atomic E-state index is -3.12. The van der Waals surface area contributed by atoms with E-state index < -0.39 is 10.0 Å². The third-order valence-electron chi connectivity index (χ3n) is 3.30. The van der Waals surface area contributed by atoms with E-state index in [2.05, 4.69) is 14.9 Å². The maximum absolute atomic E-state index is 11.9. The number of hydrogen-bond donors (Lipinski definition) is 2. The molecule has 112 valence electrons. The van der Waals surface area contributed by atoms with Gasteiger partial charge in [-0.3, -0.25) is 4.90 Å². The Morgan fingerprint density at radius 3 is 2.74 bits per heavy atom. The minimum Gasteiger partial charge on any atom is -0.314 e. The fourth-order valence-electron chi connectivity index (χ4n) is 2.13. The summed E-state index contributed by atoms with van der Waals surface area (Å²) in [4.78, 5) is 2.21. The molecular formula is C11H23N3O2S3. The quantitative estimate of drug-likeness (QED) is 0.697. The summed E-state index contributed by atoms with van der Waals surface area (Å²) >= 11 is 3.80. The Hall–Kier alpha value is 0.530. The van der Waals surface area contributed by atoms with Crippen molar-refractivity contribution in [1.29, 1.82) is 0 Å². The molecule has 0 aromatic heterocycles. The van der Waals surface area contributed by atoms with Crippen LogP contribution in [0.3, 0.4) is 0 Å². The molecule has 0 saturated carbocycles.